The van der Waals surface area contributed by atoms with Gasteiger partial charge in [0.1, 0.15) is 4.87 Å². The highest BCUT2D eigenvalue weighted by Gasteiger charge is 2.48. The monoisotopic (exact) mass is 203 g/mol. The Morgan fingerprint density at radius 2 is 1.92 bits per heavy atom. The minimum Gasteiger partial charge on any atom is -0.494 e. The number of aliphatic hydroxyl groups is 1. The van der Waals surface area contributed by atoms with Crippen molar-refractivity contribution in [2.24, 2.45) is 0 Å². The molecule has 1 aliphatic carbocycles. The van der Waals surface area contributed by atoms with E-state index in [0.717, 1.165) is 24.7 Å². The maximum atomic E-state index is 11.7. The van der Waals surface area contributed by atoms with Gasteiger partial charge in [-0.2, -0.15) is 0 Å². The maximum absolute atomic E-state index is 11.7. The molecule has 0 aromatic rings. The SMILES string of the molecule is O=S1(=O)C=C(O)NC12CCCCC2. The molecule has 1 aliphatic heterocycles. The van der Waals surface area contributed by atoms with E-state index in [-0.39, 0.29) is 5.88 Å². The molecule has 74 valence electrons. The molecule has 0 amide bonds. The zero-order valence-corrected chi connectivity index (χ0v) is 8.10. The van der Waals surface area contributed by atoms with Gasteiger partial charge in [0.15, 0.2) is 5.88 Å². The molecule has 13 heavy (non-hydrogen) atoms. The van der Waals surface area contributed by atoms with Gasteiger partial charge in [0, 0.05) is 0 Å². The highest BCUT2D eigenvalue weighted by atomic mass is 32.2. The van der Waals surface area contributed by atoms with Gasteiger partial charge < -0.3 is 10.4 Å². The fraction of sp³-hybridized carbons (Fsp3) is 0.750. The first kappa shape index (κ1) is 8.87. The Kier molecular flexibility index (Phi) is 1.80. The van der Waals surface area contributed by atoms with Crippen LogP contribution in [0.15, 0.2) is 11.3 Å². The predicted molar refractivity (Wildman–Crippen MR) is 48.6 cm³/mol. The summed E-state index contributed by atoms with van der Waals surface area (Å²) in [6.45, 7) is 0. The second-order valence-electron chi connectivity index (χ2n) is 3.73. The highest BCUT2D eigenvalue weighted by molar-refractivity contribution is 7.95. The lowest BCUT2D eigenvalue weighted by molar-refractivity contribution is 0.284. The average Bonchev–Trinajstić information content (AvgIpc) is 2.23. The second-order valence-corrected chi connectivity index (χ2v) is 5.84. The van der Waals surface area contributed by atoms with Crippen LogP contribution in [-0.2, 0) is 9.84 Å². The first-order chi connectivity index (χ1) is 6.06. The third-order valence-electron chi connectivity index (χ3n) is 2.83. The van der Waals surface area contributed by atoms with Gasteiger partial charge in [0.05, 0.1) is 5.41 Å². The van der Waals surface area contributed by atoms with Crippen molar-refractivity contribution in [2.45, 2.75) is 37.0 Å². The van der Waals surface area contributed by atoms with Crippen LogP contribution >= 0.6 is 0 Å². The van der Waals surface area contributed by atoms with Gasteiger partial charge in [-0.25, -0.2) is 8.42 Å². The molecule has 4 nitrogen and oxygen atoms in total. The lowest BCUT2D eigenvalue weighted by atomic mass is 9.95. The summed E-state index contributed by atoms with van der Waals surface area (Å²) in [6, 6.07) is 0. The van der Waals surface area contributed by atoms with Crippen LogP contribution in [0.4, 0.5) is 0 Å². The molecule has 1 spiro atoms. The van der Waals surface area contributed by atoms with Crippen molar-refractivity contribution in [1.29, 1.82) is 0 Å². The van der Waals surface area contributed by atoms with E-state index in [9.17, 15) is 8.42 Å². The molecule has 0 unspecified atom stereocenters. The summed E-state index contributed by atoms with van der Waals surface area (Å²) >= 11 is 0. The third-order valence-corrected chi connectivity index (χ3v) is 4.96. The van der Waals surface area contributed by atoms with Crippen molar-refractivity contribution in [3.63, 3.8) is 0 Å². The average molecular weight is 203 g/mol. The molecule has 1 fully saturated rings. The van der Waals surface area contributed by atoms with Crippen molar-refractivity contribution in [3.8, 4) is 0 Å². The molecule has 0 aromatic carbocycles. The molecule has 5 heteroatoms. The van der Waals surface area contributed by atoms with Crippen molar-refractivity contribution in [2.75, 3.05) is 0 Å². The molecule has 2 N–H and O–H groups in total. The number of rotatable bonds is 0. The summed E-state index contributed by atoms with van der Waals surface area (Å²) in [4.78, 5) is -0.880. The summed E-state index contributed by atoms with van der Waals surface area (Å²) < 4.78 is 23.3. The maximum Gasteiger partial charge on any atom is 0.200 e. The zero-order valence-electron chi connectivity index (χ0n) is 7.28. The van der Waals surface area contributed by atoms with E-state index in [0.29, 0.717) is 12.8 Å². The standard InChI is InChI=1S/C8H13NO3S/c10-7-6-13(11,12)8(9-7)4-2-1-3-5-8/h6,9-10H,1-5H2. The Bertz CT molecular complexity index is 338. The third kappa shape index (κ3) is 1.22. The summed E-state index contributed by atoms with van der Waals surface area (Å²) in [5.74, 6) is -0.207. The lowest BCUT2D eigenvalue weighted by Crippen LogP contribution is -2.47. The summed E-state index contributed by atoms with van der Waals surface area (Å²) in [7, 11) is -3.28. The van der Waals surface area contributed by atoms with E-state index < -0.39 is 14.7 Å². The van der Waals surface area contributed by atoms with Crippen LogP contribution in [0.2, 0.25) is 0 Å². The van der Waals surface area contributed by atoms with E-state index in [2.05, 4.69) is 5.32 Å². The molecule has 0 atom stereocenters. The van der Waals surface area contributed by atoms with Crippen LogP contribution < -0.4 is 5.32 Å². The van der Waals surface area contributed by atoms with Gasteiger partial charge in [-0.05, 0) is 12.8 Å². The Hall–Kier alpha value is -0.710. The highest BCUT2D eigenvalue weighted by Crippen LogP contribution is 2.37. The van der Waals surface area contributed by atoms with Gasteiger partial charge in [0.25, 0.3) is 0 Å². The summed E-state index contributed by atoms with van der Waals surface area (Å²) in [5.41, 5.74) is 0. The molecule has 1 heterocycles. The normalized spacial score (nSPS) is 29.7. The van der Waals surface area contributed by atoms with Crippen molar-refractivity contribution in [3.05, 3.63) is 11.3 Å². The first-order valence-corrected chi connectivity index (χ1v) is 6.04. The van der Waals surface area contributed by atoms with E-state index in [1.165, 1.54) is 0 Å². The van der Waals surface area contributed by atoms with E-state index >= 15 is 0 Å². The van der Waals surface area contributed by atoms with Crippen LogP contribution in [0.5, 0.6) is 0 Å². The van der Waals surface area contributed by atoms with Gasteiger partial charge in [0.2, 0.25) is 9.84 Å². The fourth-order valence-corrected chi connectivity index (χ4v) is 3.81. The minimum atomic E-state index is -3.28. The van der Waals surface area contributed by atoms with Crippen LogP contribution in [0, 0.1) is 0 Å². The largest absolute Gasteiger partial charge is 0.494 e. The number of hydrogen-bond acceptors (Lipinski definition) is 4. The molecule has 2 rings (SSSR count). The molecular formula is C8H13NO3S. The number of aliphatic hydroxyl groups excluding tert-OH is 1. The van der Waals surface area contributed by atoms with Gasteiger partial charge in [-0.3, -0.25) is 0 Å². The van der Waals surface area contributed by atoms with Crippen molar-refractivity contribution in [1.82, 2.24) is 5.32 Å². The Labute approximate surface area is 77.6 Å². The Morgan fingerprint density at radius 3 is 2.38 bits per heavy atom. The first-order valence-electron chi connectivity index (χ1n) is 4.49. The van der Waals surface area contributed by atoms with E-state index in [1.807, 2.05) is 0 Å². The molecule has 0 bridgehead atoms. The van der Waals surface area contributed by atoms with Crippen molar-refractivity contribution < 1.29 is 13.5 Å². The van der Waals surface area contributed by atoms with Gasteiger partial charge in [-0.1, -0.05) is 19.3 Å². The molecular weight excluding hydrogens is 190 g/mol. The second kappa shape index (κ2) is 2.64. The molecule has 1 saturated carbocycles. The van der Waals surface area contributed by atoms with Gasteiger partial charge in [-0.15, -0.1) is 0 Å². The smallest absolute Gasteiger partial charge is 0.200 e. The number of nitrogens with one attached hydrogen (secondary N) is 1. The van der Waals surface area contributed by atoms with Crippen LogP contribution in [-0.4, -0.2) is 18.4 Å². The number of hydrogen-bond donors (Lipinski definition) is 2. The minimum absolute atomic E-state index is 0.207. The van der Waals surface area contributed by atoms with Crippen LogP contribution in [0.25, 0.3) is 0 Å². The fourth-order valence-electron chi connectivity index (χ4n) is 2.13. The molecule has 0 aromatic heterocycles. The Balaban J connectivity index is 2.35. The summed E-state index contributed by atoms with van der Waals surface area (Å²) in [5, 5.41) is 12.8. The molecule has 0 saturated heterocycles. The van der Waals surface area contributed by atoms with E-state index in [1.54, 1.807) is 0 Å². The van der Waals surface area contributed by atoms with Crippen LogP contribution in [0.3, 0.4) is 0 Å². The van der Waals surface area contributed by atoms with Crippen LogP contribution in [0.1, 0.15) is 32.1 Å². The zero-order chi connectivity index (χ0) is 9.53. The molecule has 2 aliphatic rings. The Morgan fingerprint density at radius 1 is 1.31 bits per heavy atom. The summed E-state index contributed by atoms with van der Waals surface area (Å²) in [6.07, 6.45) is 4.12. The van der Waals surface area contributed by atoms with Gasteiger partial charge >= 0.3 is 0 Å². The van der Waals surface area contributed by atoms with E-state index in [4.69, 9.17) is 5.11 Å². The topological polar surface area (TPSA) is 66.4 Å². The van der Waals surface area contributed by atoms with Crippen molar-refractivity contribution >= 4 is 9.84 Å². The number of sulfone groups is 1. The lowest BCUT2D eigenvalue weighted by Gasteiger charge is -2.32. The molecule has 0 radical (unpaired) electrons. The quantitative estimate of drug-likeness (QED) is 0.617. The predicted octanol–water partition coefficient (Wildman–Crippen LogP) is 1.02.